The fraction of sp³-hybridized carbons (Fsp3) is 0.429. The molecule has 1 heteroatoms. The third-order valence-electron chi connectivity index (χ3n) is 8.44. The molecule has 0 aromatic heterocycles. The summed E-state index contributed by atoms with van der Waals surface area (Å²) in [7, 11) is 0. The highest BCUT2D eigenvalue weighted by Gasteiger charge is 2.50. The summed E-state index contributed by atoms with van der Waals surface area (Å²) in [6.45, 7) is 9.45. The molecule has 0 spiro atoms. The molecule has 1 nitrogen and oxygen atoms in total. The Hall–Kier alpha value is -2.12. The molecule has 2 aliphatic carbocycles. The lowest BCUT2D eigenvalue weighted by molar-refractivity contribution is -0.109. The zero-order chi connectivity index (χ0) is 19.9. The zero-order valence-corrected chi connectivity index (χ0v) is 17.9. The Morgan fingerprint density at radius 2 is 1.48 bits per heavy atom. The topological polar surface area (TPSA) is 9.23 Å². The predicted molar refractivity (Wildman–Crippen MR) is 123 cm³/mol. The summed E-state index contributed by atoms with van der Waals surface area (Å²) in [6.07, 6.45) is 3.00. The molecule has 5 unspecified atom stereocenters. The Balaban J connectivity index is 1.50. The molecule has 148 valence electrons. The average Bonchev–Trinajstić information content (AvgIpc) is 3.24. The first-order valence-corrected chi connectivity index (χ1v) is 11.3. The summed E-state index contributed by atoms with van der Waals surface area (Å²) in [6, 6.07) is 20.3. The van der Waals surface area contributed by atoms with Gasteiger partial charge in [-0.25, -0.2) is 0 Å². The van der Waals surface area contributed by atoms with Gasteiger partial charge in [-0.2, -0.15) is 0 Å². The highest BCUT2D eigenvalue weighted by molar-refractivity contribution is 6.23. The fourth-order valence-electron chi connectivity index (χ4n) is 6.71. The molecule has 0 N–H and O–H groups in total. The number of ether oxygens (including phenoxy) is 1. The van der Waals surface area contributed by atoms with E-state index in [0.29, 0.717) is 6.10 Å². The second kappa shape index (κ2) is 5.95. The van der Waals surface area contributed by atoms with Crippen LogP contribution < -0.4 is 0 Å². The number of benzene rings is 4. The molecule has 2 saturated carbocycles. The minimum absolute atomic E-state index is 0.303. The second-order valence-electron chi connectivity index (χ2n) is 10.3. The fourth-order valence-corrected chi connectivity index (χ4v) is 6.71. The molecule has 2 bridgehead atoms. The van der Waals surface area contributed by atoms with E-state index in [1.807, 2.05) is 0 Å². The van der Waals surface area contributed by atoms with Crippen LogP contribution >= 0.6 is 0 Å². The van der Waals surface area contributed by atoms with E-state index in [1.165, 1.54) is 50.7 Å². The van der Waals surface area contributed by atoms with E-state index >= 15 is 0 Å². The SMILES string of the molecule is CC1C2CC(OC(C)(C)c3cc4cccc5ccc6cccc3c6c54)C(C2)C1C. The first-order chi connectivity index (χ1) is 13.9. The van der Waals surface area contributed by atoms with E-state index in [2.05, 4.69) is 82.3 Å². The van der Waals surface area contributed by atoms with E-state index < -0.39 is 0 Å². The summed E-state index contributed by atoms with van der Waals surface area (Å²) >= 11 is 0. The van der Waals surface area contributed by atoms with Crippen molar-refractivity contribution in [3.05, 3.63) is 60.2 Å². The van der Waals surface area contributed by atoms with Crippen molar-refractivity contribution in [1.82, 2.24) is 0 Å². The standard InChI is InChI=1S/C28H30O/c1-16-17(2)23-13-21(16)15-25(23)29-28(3,4)24-14-20-9-5-7-18-11-12-19-8-6-10-22(24)27(19)26(18)20/h5-12,14,16-17,21,23,25H,13,15H2,1-4H3. The molecule has 0 saturated heterocycles. The van der Waals surface area contributed by atoms with Crippen LogP contribution in [0, 0.1) is 23.7 Å². The van der Waals surface area contributed by atoms with E-state index in [-0.39, 0.29) is 5.60 Å². The highest BCUT2D eigenvalue weighted by atomic mass is 16.5. The van der Waals surface area contributed by atoms with Crippen molar-refractivity contribution in [1.29, 1.82) is 0 Å². The van der Waals surface area contributed by atoms with Gasteiger partial charge in [-0.1, -0.05) is 62.4 Å². The van der Waals surface area contributed by atoms with Crippen molar-refractivity contribution >= 4 is 32.3 Å². The van der Waals surface area contributed by atoms with Crippen LogP contribution in [0.3, 0.4) is 0 Å². The lowest BCUT2D eigenvalue weighted by atomic mass is 9.79. The van der Waals surface area contributed by atoms with Crippen LogP contribution in [0.2, 0.25) is 0 Å². The molecule has 5 atom stereocenters. The molecule has 6 rings (SSSR count). The molecule has 4 aromatic rings. The maximum absolute atomic E-state index is 6.96. The highest BCUT2D eigenvalue weighted by Crippen LogP contribution is 2.54. The van der Waals surface area contributed by atoms with Crippen LogP contribution in [0.1, 0.15) is 46.1 Å². The Morgan fingerprint density at radius 1 is 0.793 bits per heavy atom. The van der Waals surface area contributed by atoms with Crippen molar-refractivity contribution in [2.45, 2.75) is 52.2 Å². The monoisotopic (exact) mass is 382 g/mol. The van der Waals surface area contributed by atoms with Gasteiger partial charge in [0.25, 0.3) is 0 Å². The van der Waals surface area contributed by atoms with Crippen LogP contribution in [0.15, 0.2) is 54.6 Å². The van der Waals surface area contributed by atoms with Gasteiger partial charge in [0.2, 0.25) is 0 Å². The molecule has 2 fully saturated rings. The van der Waals surface area contributed by atoms with Gasteiger partial charge in [0, 0.05) is 0 Å². The van der Waals surface area contributed by atoms with Crippen molar-refractivity contribution in [3.63, 3.8) is 0 Å². The van der Waals surface area contributed by atoms with Crippen LogP contribution in [0.4, 0.5) is 0 Å². The molecule has 2 aliphatic rings. The first kappa shape index (κ1) is 17.7. The number of hydrogen-bond donors (Lipinski definition) is 0. The summed E-state index contributed by atoms with van der Waals surface area (Å²) in [5, 5.41) is 8.11. The predicted octanol–water partition coefficient (Wildman–Crippen LogP) is 7.52. The Bertz CT molecular complexity index is 1220. The molecule has 4 aromatic carbocycles. The molecule has 29 heavy (non-hydrogen) atoms. The maximum Gasteiger partial charge on any atom is 0.0885 e. The molecule has 0 radical (unpaired) electrons. The van der Waals surface area contributed by atoms with E-state index in [4.69, 9.17) is 4.74 Å². The van der Waals surface area contributed by atoms with Gasteiger partial charge in [0.05, 0.1) is 11.7 Å². The van der Waals surface area contributed by atoms with Crippen molar-refractivity contribution in [2.24, 2.45) is 23.7 Å². The Morgan fingerprint density at radius 3 is 2.21 bits per heavy atom. The third-order valence-corrected chi connectivity index (χ3v) is 8.44. The second-order valence-corrected chi connectivity index (χ2v) is 10.3. The van der Waals surface area contributed by atoms with Crippen molar-refractivity contribution in [2.75, 3.05) is 0 Å². The Kier molecular flexibility index (Phi) is 3.64. The third kappa shape index (κ3) is 2.43. The lowest BCUT2D eigenvalue weighted by Gasteiger charge is -2.38. The van der Waals surface area contributed by atoms with Gasteiger partial charge >= 0.3 is 0 Å². The van der Waals surface area contributed by atoms with Crippen molar-refractivity contribution < 1.29 is 4.74 Å². The minimum Gasteiger partial charge on any atom is -0.367 e. The molecule has 0 amide bonds. The average molecular weight is 383 g/mol. The minimum atomic E-state index is -0.303. The number of rotatable bonds is 3. The molecule has 0 aliphatic heterocycles. The van der Waals surface area contributed by atoms with E-state index in [0.717, 1.165) is 23.7 Å². The van der Waals surface area contributed by atoms with Gasteiger partial charge in [-0.15, -0.1) is 0 Å². The van der Waals surface area contributed by atoms with Crippen molar-refractivity contribution in [3.8, 4) is 0 Å². The smallest absolute Gasteiger partial charge is 0.0885 e. The van der Waals surface area contributed by atoms with Gasteiger partial charge in [0.1, 0.15) is 0 Å². The maximum atomic E-state index is 6.96. The summed E-state index contributed by atoms with van der Waals surface area (Å²) in [5.41, 5.74) is 1.03. The van der Waals surface area contributed by atoms with Gasteiger partial charge < -0.3 is 4.74 Å². The van der Waals surface area contributed by atoms with Crippen LogP contribution in [0.25, 0.3) is 32.3 Å². The van der Waals surface area contributed by atoms with E-state index in [9.17, 15) is 0 Å². The van der Waals surface area contributed by atoms with Crippen LogP contribution in [-0.4, -0.2) is 6.10 Å². The zero-order valence-electron chi connectivity index (χ0n) is 17.9. The molecular formula is C28H30O. The first-order valence-electron chi connectivity index (χ1n) is 11.3. The Labute approximate surface area is 173 Å². The lowest BCUT2D eigenvalue weighted by Crippen LogP contribution is -2.36. The number of fused-ring (bicyclic) bond motifs is 2. The molecular weight excluding hydrogens is 352 g/mol. The van der Waals surface area contributed by atoms with Crippen LogP contribution in [0.5, 0.6) is 0 Å². The summed E-state index contributed by atoms with van der Waals surface area (Å²) in [5.74, 6) is 3.22. The summed E-state index contributed by atoms with van der Waals surface area (Å²) in [4.78, 5) is 0. The van der Waals surface area contributed by atoms with Gasteiger partial charge in [-0.05, 0) is 94.3 Å². The molecule has 0 heterocycles. The number of hydrogen-bond acceptors (Lipinski definition) is 1. The van der Waals surface area contributed by atoms with Gasteiger partial charge in [0.15, 0.2) is 0 Å². The van der Waals surface area contributed by atoms with Crippen LogP contribution in [-0.2, 0) is 10.3 Å². The van der Waals surface area contributed by atoms with Gasteiger partial charge in [-0.3, -0.25) is 0 Å². The normalized spacial score (nSPS) is 29.6. The largest absolute Gasteiger partial charge is 0.367 e. The summed E-state index contributed by atoms with van der Waals surface area (Å²) < 4.78 is 6.96. The van der Waals surface area contributed by atoms with E-state index in [1.54, 1.807) is 0 Å². The quantitative estimate of drug-likeness (QED) is 0.333.